The van der Waals surface area contributed by atoms with E-state index in [1.165, 1.54) is 0 Å². The van der Waals surface area contributed by atoms with Crippen LogP contribution in [0.5, 0.6) is 11.5 Å². The van der Waals surface area contributed by atoms with Crippen molar-refractivity contribution in [3.8, 4) is 11.5 Å². The van der Waals surface area contributed by atoms with Gasteiger partial charge >= 0.3 is 0 Å². The number of benzene rings is 3. The molecule has 9 nitrogen and oxygen atoms in total. The molecule has 2 amide bonds. The minimum Gasteiger partial charge on any atom is -0.490 e. The third kappa shape index (κ3) is 6.75. The van der Waals surface area contributed by atoms with Gasteiger partial charge in [0.1, 0.15) is 11.9 Å². The fourth-order valence-corrected chi connectivity index (χ4v) is 4.21. The Balaban J connectivity index is 1.66. The number of pyridine rings is 1. The van der Waals surface area contributed by atoms with Crippen LogP contribution in [-0.4, -0.2) is 29.5 Å². The molecule has 0 saturated carbocycles. The van der Waals surface area contributed by atoms with E-state index in [-0.39, 0.29) is 18.6 Å². The van der Waals surface area contributed by atoms with Gasteiger partial charge in [-0.3, -0.25) is 9.59 Å². The number of ether oxygens (including phenoxy) is 2. The summed E-state index contributed by atoms with van der Waals surface area (Å²) in [6, 6.07) is 19.1. The van der Waals surface area contributed by atoms with Crippen LogP contribution in [0.2, 0.25) is 0 Å². The van der Waals surface area contributed by atoms with Gasteiger partial charge in [0, 0.05) is 29.4 Å². The summed E-state index contributed by atoms with van der Waals surface area (Å²) in [5.41, 5.74) is 14.0. The summed E-state index contributed by atoms with van der Waals surface area (Å²) < 4.78 is 11.8. The second-order valence-electron chi connectivity index (χ2n) is 9.30. The van der Waals surface area contributed by atoms with Crippen LogP contribution in [0.25, 0.3) is 10.8 Å². The van der Waals surface area contributed by atoms with Gasteiger partial charge in [0.25, 0.3) is 0 Å². The van der Waals surface area contributed by atoms with Crippen molar-refractivity contribution in [3.63, 3.8) is 0 Å². The smallest absolute Gasteiger partial charge is 0.248 e. The Morgan fingerprint density at radius 3 is 2.56 bits per heavy atom. The molecule has 0 spiro atoms. The normalized spacial score (nSPS) is 11.7. The van der Waals surface area contributed by atoms with Crippen molar-refractivity contribution in [1.82, 2.24) is 10.3 Å². The van der Waals surface area contributed by atoms with E-state index in [4.69, 9.17) is 20.9 Å². The van der Waals surface area contributed by atoms with Gasteiger partial charge in [-0.15, -0.1) is 0 Å². The van der Waals surface area contributed by atoms with Crippen LogP contribution >= 0.6 is 0 Å². The van der Waals surface area contributed by atoms with Crippen LogP contribution in [0.3, 0.4) is 0 Å². The van der Waals surface area contributed by atoms with Crippen LogP contribution in [0.15, 0.2) is 72.9 Å². The topological polar surface area (TPSA) is 142 Å². The molecule has 0 bridgehead atoms. The van der Waals surface area contributed by atoms with Gasteiger partial charge in [0.15, 0.2) is 11.5 Å². The fraction of sp³-hybridized carbons (Fsp3) is 0.233. The van der Waals surface area contributed by atoms with Crippen molar-refractivity contribution in [2.45, 2.75) is 39.5 Å². The van der Waals surface area contributed by atoms with Crippen LogP contribution in [0, 0.1) is 0 Å². The molecular formula is C30H33N5O4. The molecule has 1 aromatic heterocycles. The molecule has 0 radical (unpaired) electrons. The van der Waals surface area contributed by atoms with Crippen molar-refractivity contribution in [2.75, 3.05) is 17.7 Å². The molecule has 3 aromatic carbocycles. The van der Waals surface area contributed by atoms with Crippen LogP contribution < -0.4 is 31.6 Å². The molecular weight excluding hydrogens is 494 g/mol. The van der Waals surface area contributed by atoms with Crippen LogP contribution in [-0.2, 0) is 11.3 Å². The van der Waals surface area contributed by atoms with Gasteiger partial charge < -0.3 is 31.6 Å². The molecule has 0 aliphatic carbocycles. The predicted octanol–water partition coefficient (Wildman–Crippen LogP) is 4.57. The Kier molecular flexibility index (Phi) is 8.50. The first-order chi connectivity index (χ1) is 18.7. The highest BCUT2D eigenvalue weighted by Gasteiger charge is 2.23. The number of nitrogens with two attached hydrogens (primary N) is 2. The van der Waals surface area contributed by atoms with Gasteiger partial charge in [-0.1, -0.05) is 18.2 Å². The van der Waals surface area contributed by atoms with Crippen molar-refractivity contribution in [2.24, 2.45) is 5.73 Å². The number of anilines is 2. The van der Waals surface area contributed by atoms with E-state index in [9.17, 15) is 9.59 Å². The van der Waals surface area contributed by atoms with Crippen LogP contribution in [0.1, 0.15) is 48.3 Å². The highest BCUT2D eigenvalue weighted by Crippen LogP contribution is 2.33. The van der Waals surface area contributed by atoms with E-state index in [2.05, 4.69) is 15.6 Å². The van der Waals surface area contributed by atoms with Crippen molar-refractivity contribution >= 4 is 34.1 Å². The lowest BCUT2D eigenvalue weighted by Crippen LogP contribution is -2.33. The zero-order valence-corrected chi connectivity index (χ0v) is 22.2. The number of fused-ring (bicyclic) bond motifs is 1. The second-order valence-corrected chi connectivity index (χ2v) is 9.30. The third-order valence-electron chi connectivity index (χ3n) is 6.01. The number of nitrogens with one attached hydrogen (secondary N) is 2. The average molecular weight is 528 g/mol. The number of amides is 2. The molecule has 0 saturated heterocycles. The maximum absolute atomic E-state index is 13.6. The first-order valence-corrected chi connectivity index (χ1v) is 12.8. The first-order valence-electron chi connectivity index (χ1n) is 12.8. The predicted molar refractivity (Wildman–Crippen MR) is 153 cm³/mol. The highest BCUT2D eigenvalue weighted by atomic mass is 16.5. The minimum absolute atomic E-state index is 0.0389. The number of hydrogen-bond donors (Lipinski definition) is 4. The quantitative estimate of drug-likeness (QED) is 0.224. The summed E-state index contributed by atoms with van der Waals surface area (Å²) in [5, 5.41) is 8.05. The lowest BCUT2D eigenvalue weighted by molar-refractivity contribution is -0.122. The summed E-state index contributed by atoms with van der Waals surface area (Å²) in [5.74, 6) is 0.797. The van der Waals surface area contributed by atoms with Crippen molar-refractivity contribution < 1.29 is 19.1 Å². The van der Waals surface area contributed by atoms with E-state index in [0.29, 0.717) is 35.1 Å². The fourth-order valence-electron chi connectivity index (χ4n) is 4.21. The maximum Gasteiger partial charge on any atom is 0.248 e. The minimum atomic E-state index is -0.770. The van der Waals surface area contributed by atoms with Gasteiger partial charge in [0.2, 0.25) is 11.8 Å². The van der Waals surface area contributed by atoms with E-state index in [1.807, 2.05) is 69.3 Å². The van der Waals surface area contributed by atoms with E-state index in [1.54, 1.807) is 24.4 Å². The average Bonchev–Trinajstić information content (AvgIpc) is 2.91. The Bertz CT molecular complexity index is 1490. The SMILES string of the molecule is CCOc1cc(C(Nc2ccc3c(N)nccc3c2)C(=O)NCc2cccc(C(N)=O)c2)ccc1OC(C)C. The van der Waals surface area contributed by atoms with Crippen LogP contribution in [0.4, 0.5) is 11.5 Å². The van der Waals surface area contributed by atoms with Crippen molar-refractivity contribution in [1.29, 1.82) is 0 Å². The van der Waals surface area contributed by atoms with E-state index in [0.717, 1.165) is 22.0 Å². The molecule has 1 atom stereocenters. The third-order valence-corrected chi connectivity index (χ3v) is 6.01. The van der Waals surface area contributed by atoms with E-state index >= 15 is 0 Å². The molecule has 0 aliphatic heterocycles. The molecule has 4 aromatic rings. The molecule has 0 aliphatic rings. The molecule has 0 fully saturated rings. The second kappa shape index (κ2) is 12.2. The number of nitrogens with zero attached hydrogens (tertiary/aromatic N) is 1. The molecule has 6 N–H and O–H groups in total. The summed E-state index contributed by atoms with van der Waals surface area (Å²) in [6.07, 6.45) is 1.61. The summed E-state index contributed by atoms with van der Waals surface area (Å²) >= 11 is 0. The molecule has 1 heterocycles. The first kappa shape index (κ1) is 27.3. The Morgan fingerprint density at radius 1 is 1.00 bits per heavy atom. The number of rotatable bonds is 11. The Morgan fingerprint density at radius 2 is 1.82 bits per heavy atom. The monoisotopic (exact) mass is 527 g/mol. The van der Waals surface area contributed by atoms with Gasteiger partial charge in [0.05, 0.1) is 12.7 Å². The highest BCUT2D eigenvalue weighted by molar-refractivity contribution is 5.94. The van der Waals surface area contributed by atoms with Crippen molar-refractivity contribution in [3.05, 3.63) is 89.6 Å². The summed E-state index contributed by atoms with van der Waals surface area (Å²) in [4.78, 5) is 29.3. The van der Waals surface area contributed by atoms with Gasteiger partial charge in [-0.05, 0) is 85.8 Å². The molecule has 39 heavy (non-hydrogen) atoms. The molecule has 9 heteroatoms. The number of aromatic nitrogens is 1. The molecule has 4 rings (SSSR count). The zero-order valence-electron chi connectivity index (χ0n) is 22.2. The Hall–Kier alpha value is -4.79. The molecule has 202 valence electrons. The lowest BCUT2D eigenvalue weighted by Gasteiger charge is -2.22. The Labute approximate surface area is 227 Å². The lowest BCUT2D eigenvalue weighted by atomic mass is 10.0. The van der Waals surface area contributed by atoms with Gasteiger partial charge in [-0.25, -0.2) is 4.98 Å². The van der Waals surface area contributed by atoms with E-state index < -0.39 is 11.9 Å². The number of carbonyl (C=O) groups excluding carboxylic acids is 2. The number of hydrogen-bond acceptors (Lipinski definition) is 7. The number of nitrogen functional groups attached to an aromatic ring is 1. The summed E-state index contributed by atoms with van der Waals surface area (Å²) in [6.45, 7) is 6.43. The maximum atomic E-state index is 13.6. The van der Waals surface area contributed by atoms with Gasteiger partial charge in [-0.2, -0.15) is 0 Å². The number of carbonyl (C=O) groups is 2. The standard InChI is InChI=1S/C30H33N5O4/c1-4-38-26-16-21(8-11-25(26)39-18(2)3)27(30(37)34-17-19-6-5-7-22(14-19)29(32)36)35-23-9-10-24-20(15-23)12-13-33-28(24)31/h5-16,18,27,35H,4,17H2,1-3H3,(H2,31,33)(H2,32,36)(H,34,37). The largest absolute Gasteiger partial charge is 0.490 e. The number of primary amides is 1. The molecule has 1 unspecified atom stereocenters. The summed E-state index contributed by atoms with van der Waals surface area (Å²) in [7, 11) is 0. The zero-order chi connectivity index (χ0) is 27.9.